The molecule has 0 aliphatic carbocycles. The van der Waals surface area contributed by atoms with Crippen molar-refractivity contribution in [1.82, 2.24) is 4.90 Å². The minimum atomic E-state index is -4.72. The Balaban J connectivity index is 2.23. The average Bonchev–Trinajstić information content (AvgIpc) is 2.85. The van der Waals surface area contributed by atoms with E-state index in [1.54, 1.807) is 24.9 Å². The van der Waals surface area contributed by atoms with Crippen LogP contribution in [0.2, 0.25) is 0 Å². The number of benzene rings is 1. The molecule has 1 heterocycles. The molecule has 8 heteroatoms. The number of amidine groups is 1. The van der Waals surface area contributed by atoms with Gasteiger partial charge in [0.25, 0.3) is 0 Å². The second-order valence-corrected chi connectivity index (χ2v) is 5.22. The zero-order valence-electron chi connectivity index (χ0n) is 13.8. The molecule has 0 aromatic heterocycles. The van der Waals surface area contributed by atoms with Crippen molar-refractivity contribution in [2.24, 2.45) is 4.99 Å². The molecule has 0 radical (unpaired) electrons. The van der Waals surface area contributed by atoms with E-state index in [2.05, 4.69) is 21.6 Å². The number of aliphatic hydroxyl groups is 1. The van der Waals surface area contributed by atoms with E-state index in [-0.39, 0.29) is 12.4 Å². The largest absolute Gasteiger partial charge is 0.573 e. The molecule has 0 saturated carbocycles. The van der Waals surface area contributed by atoms with Gasteiger partial charge in [0.2, 0.25) is 0 Å². The fraction of sp³-hybridized carbons (Fsp3) is 0.235. The van der Waals surface area contributed by atoms with Crippen LogP contribution < -0.4 is 10.1 Å². The molecule has 1 aromatic rings. The molecule has 25 heavy (non-hydrogen) atoms. The molecular weight excluding hydrogens is 335 g/mol. The van der Waals surface area contributed by atoms with E-state index in [4.69, 9.17) is 0 Å². The van der Waals surface area contributed by atoms with Crippen LogP contribution >= 0.6 is 0 Å². The van der Waals surface area contributed by atoms with Crippen molar-refractivity contribution in [2.45, 2.75) is 13.3 Å². The van der Waals surface area contributed by atoms with Crippen molar-refractivity contribution in [3.8, 4) is 5.75 Å². The summed E-state index contributed by atoms with van der Waals surface area (Å²) < 4.78 is 40.4. The fourth-order valence-corrected chi connectivity index (χ4v) is 2.34. The molecule has 0 bridgehead atoms. The third-order valence-electron chi connectivity index (χ3n) is 3.50. The number of alkyl halides is 3. The van der Waals surface area contributed by atoms with Gasteiger partial charge in [0.15, 0.2) is 0 Å². The predicted octanol–water partition coefficient (Wildman–Crippen LogP) is 3.63. The summed E-state index contributed by atoms with van der Waals surface area (Å²) in [6.45, 7) is 5.24. The summed E-state index contributed by atoms with van der Waals surface area (Å²) in [6.07, 6.45) is -1.54. The van der Waals surface area contributed by atoms with Gasteiger partial charge in [0, 0.05) is 35.9 Å². The second kappa shape index (κ2) is 7.43. The van der Waals surface area contributed by atoms with Gasteiger partial charge in [0.1, 0.15) is 11.6 Å². The Bertz CT molecular complexity index is 735. The van der Waals surface area contributed by atoms with Crippen molar-refractivity contribution in [1.29, 1.82) is 0 Å². The molecule has 0 unspecified atom stereocenters. The summed E-state index contributed by atoms with van der Waals surface area (Å²) in [5.41, 5.74) is 2.74. The Morgan fingerprint density at radius 1 is 1.36 bits per heavy atom. The van der Waals surface area contributed by atoms with E-state index in [0.29, 0.717) is 17.2 Å². The van der Waals surface area contributed by atoms with Crippen LogP contribution in [0.3, 0.4) is 0 Å². The SMILES string of the molecule is C=C/N=C1\C(=C(/C)Nc2ccc(OC(F)(F)F)cc2)C=C(CO)N1C. The highest BCUT2D eigenvalue weighted by molar-refractivity contribution is 6.05. The maximum Gasteiger partial charge on any atom is 0.573 e. The molecule has 134 valence electrons. The molecule has 2 N–H and O–H groups in total. The van der Waals surface area contributed by atoms with Crippen molar-refractivity contribution in [3.63, 3.8) is 0 Å². The van der Waals surface area contributed by atoms with Crippen LogP contribution in [0.1, 0.15) is 6.92 Å². The van der Waals surface area contributed by atoms with Gasteiger partial charge < -0.3 is 20.1 Å². The van der Waals surface area contributed by atoms with Crippen molar-refractivity contribution < 1.29 is 23.0 Å². The Hall–Kier alpha value is -2.74. The summed E-state index contributed by atoms with van der Waals surface area (Å²) in [5, 5.41) is 12.5. The summed E-state index contributed by atoms with van der Waals surface area (Å²) in [6, 6.07) is 5.40. The molecule has 0 fully saturated rings. The minimum absolute atomic E-state index is 0.146. The molecule has 0 amide bonds. The van der Waals surface area contributed by atoms with E-state index in [9.17, 15) is 18.3 Å². The van der Waals surface area contributed by atoms with Gasteiger partial charge in [-0.25, -0.2) is 4.99 Å². The number of allylic oxidation sites excluding steroid dienone is 1. The number of aliphatic imine (C=N–C) groups is 1. The lowest BCUT2D eigenvalue weighted by molar-refractivity contribution is -0.274. The Morgan fingerprint density at radius 2 is 2.00 bits per heavy atom. The highest BCUT2D eigenvalue weighted by atomic mass is 19.4. The van der Waals surface area contributed by atoms with Crippen LogP contribution in [0.5, 0.6) is 5.75 Å². The fourth-order valence-electron chi connectivity index (χ4n) is 2.34. The second-order valence-electron chi connectivity index (χ2n) is 5.22. The lowest BCUT2D eigenvalue weighted by atomic mass is 10.2. The topological polar surface area (TPSA) is 57.1 Å². The Morgan fingerprint density at radius 3 is 2.52 bits per heavy atom. The highest BCUT2D eigenvalue weighted by Gasteiger charge is 2.31. The van der Waals surface area contributed by atoms with Gasteiger partial charge in [-0.1, -0.05) is 6.58 Å². The van der Waals surface area contributed by atoms with Gasteiger partial charge in [-0.15, -0.1) is 13.2 Å². The van der Waals surface area contributed by atoms with E-state index < -0.39 is 6.36 Å². The number of anilines is 1. The number of nitrogens with one attached hydrogen (secondary N) is 1. The first kappa shape index (κ1) is 18.6. The number of hydrogen-bond donors (Lipinski definition) is 2. The molecule has 0 spiro atoms. The van der Waals surface area contributed by atoms with Crippen LogP contribution in [0.25, 0.3) is 0 Å². The van der Waals surface area contributed by atoms with Gasteiger partial charge in [-0.05, 0) is 37.3 Å². The molecule has 1 aliphatic rings. The molecule has 5 nitrogen and oxygen atoms in total. The quantitative estimate of drug-likeness (QED) is 0.849. The van der Waals surface area contributed by atoms with Crippen molar-refractivity contribution in [2.75, 3.05) is 19.0 Å². The van der Waals surface area contributed by atoms with Crippen LogP contribution in [-0.4, -0.2) is 35.9 Å². The number of aliphatic hydroxyl groups excluding tert-OH is 1. The summed E-state index contributed by atoms with van der Waals surface area (Å²) >= 11 is 0. The van der Waals surface area contributed by atoms with Crippen molar-refractivity contribution in [3.05, 3.63) is 60.1 Å². The first-order valence-corrected chi connectivity index (χ1v) is 7.33. The smallest absolute Gasteiger partial charge is 0.406 e. The monoisotopic (exact) mass is 353 g/mol. The zero-order valence-corrected chi connectivity index (χ0v) is 13.8. The zero-order chi connectivity index (χ0) is 18.6. The maximum atomic E-state index is 12.2. The number of likely N-dealkylation sites (N-methyl/N-ethyl adjacent to an activating group) is 1. The lowest BCUT2D eigenvalue weighted by Gasteiger charge is -2.17. The van der Waals surface area contributed by atoms with Gasteiger partial charge >= 0.3 is 6.36 Å². The van der Waals surface area contributed by atoms with Gasteiger partial charge in [0.05, 0.1) is 6.61 Å². The minimum Gasteiger partial charge on any atom is -0.406 e. The third kappa shape index (κ3) is 4.63. The first-order valence-electron chi connectivity index (χ1n) is 7.33. The number of halogens is 3. The number of hydrogen-bond acceptors (Lipinski definition) is 4. The van der Waals surface area contributed by atoms with Crippen LogP contribution in [0.15, 0.2) is 65.1 Å². The van der Waals surface area contributed by atoms with E-state index in [1.807, 2.05) is 0 Å². The molecule has 1 aliphatic heterocycles. The van der Waals surface area contributed by atoms with Gasteiger partial charge in [-0.3, -0.25) is 0 Å². The Labute approximate surface area is 143 Å². The van der Waals surface area contributed by atoms with Crippen LogP contribution in [0, 0.1) is 0 Å². The lowest BCUT2D eigenvalue weighted by Crippen LogP contribution is -2.23. The van der Waals surface area contributed by atoms with E-state index >= 15 is 0 Å². The maximum absolute atomic E-state index is 12.2. The van der Waals surface area contributed by atoms with Gasteiger partial charge in [-0.2, -0.15) is 0 Å². The summed E-state index contributed by atoms with van der Waals surface area (Å²) in [5.74, 6) is 0.321. The molecule has 0 saturated heterocycles. The molecule has 1 aromatic carbocycles. The van der Waals surface area contributed by atoms with Crippen LogP contribution in [-0.2, 0) is 0 Å². The predicted molar refractivity (Wildman–Crippen MR) is 90.0 cm³/mol. The molecular formula is C17H18F3N3O2. The summed E-state index contributed by atoms with van der Waals surface area (Å²) in [7, 11) is 1.77. The Kier molecular flexibility index (Phi) is 5.53. The molecule has 0 atom stereocenters. The average molecular weight is 353 g/mol. The normalized spacial score (nSPS) is 18.2. The van der Waals surface area contributed by atoms with Crippen LogP contribution in [0.4, 0.5) is 18.9 Å². The van der Waals surface area contributed by atoms with E-state index in [0.717, 1.165) is 11.3 Å². The van der Waals surface area contributed by atoms with E-state index in [1.165, 1.54) is 30.5 Å². The highest BCUT2D eigenvalue weighted by Crippen LogP contribution is 2.27. The first-order chi connectivity index (χ1) is 11.7. The standard InChI is InChI=1S/C17H18F3N3O2/c1-4-21-16-15(9-13(10-24)23(16)3)11(2)22-12-5-7-14(8-6-12)25-17(18,19)20/h4-9,22,24H,1,10H2,2-3H3/b15-11+,21-16+. The summed E-state index contributed by atoms with van der Waals surface area (Å²) in [4.78, 5) is 5.94. The number of rotatable bonds is 5. The van der Waals surface area contributed by atoms with Crippen molar-refractivity contribution >= 4 is 11.5 Å². The third-order valence-corrected chi connectivity index (χ3v) is 3.50. The number of nitrogens with zero attached hydrogens (tertiary/aromatic N) is 2. The number of ether oxygens (including phenoxy) is 1. The molecule has 2 rings (SSSR count).